The molecular formula is C17H17FN2O3S. The highest BCUT2D eigenvalue weighted by Crippen LogP contribution is 2.15. The normalized spacial score (nSPS) is 13.0. The van der Waals surface area contributed by atoms with Crippen molar-refractivity contribution in [3.63, 3.8) is 0 Å². The first-order valence-corrected chi connectivity index (χ1v) is 8.67. The molecule has 7 heteroatoms. The number of hydrogen-bond acceptors (Lipinski definition) is 3. The van der Waals surface area contributed by atoms with Crippen LogP contribution in [0.15, 0.2) is 59.5 Å². The smallest absolute Gasteiger partial charge is 0.244 e. The minimum Gasteiger partial charge on any atom is -0.346 e. The molecule has 0 saturated heterocycles. The number of amides is 1. The van der Waals surface area contributed by atoms with E-state index >= 15 is 0 Å². The molecule has 0 radical (unpaired) electrons. The molecule has 2 aromatic carbocycles. The van der Waals surface area contributed by atoms with Crippen molar-refractivity contribution in [1.29, 1.82) is 0 Å². The number of nitrogens with two attached hydrogens (primary N) is 1. The maximum atomic E-state index is 12.8. The van der Waals surface area contributed by atoms with Gasteiger partial charge in [-0.25, -0.2) is 17.9 Å². The fourth-order valence-electron chi connectivity index (χ4n) is 2.04. The zero-order chi connectivity index (χ0) is 17.7. The summed E-state index contributed by atoms with van der Waals surface area (Å²) in [4.78, 5) is 11.9. The van der Waals surface area contributed by atoms with Crippen molar-refractivity contribution in [3.05, 3.63) is 71.6 Å². The molecule has 0 aliphatic rings. The fraction of sp³-hybridized carbons (Fsp3) is 0.118. The highest BCUT2D eigenvalue weighted by atomic mass is 32.2. The van der Waals surface area contributed by atoms with Gasteiger partial charge in [-0.2, -0.15) is 0 Å². The van der Waals surface area contributed by atoms with Gasteiger partial charge >= 0.3 is 0 Å². The van der Waals surface area contributed by atoms with Crippen molar-refractivity contribution in [2.75, 3.05) is 0 Å². The van der Waals surface area contributed by atoms with Crippen molar-refractivity contribution >= 4 is 22.0 Å². The van der Waals surface area contributed by atoms with Gasteiger partial charge in [0.15, 0.2) is 0 Å². The second kappa shape index (κ2) is 7.37. The van der Waals surface area contributed by atoms with Crippen LogP contribution in [0, 0.1) is 5.82 Å². The highest BCUT2D eigenvalue weighted by molar-refractivity contribution is 7.89. The third-order valence-electron chi connectivity index (χ3n) is 3.36. The van der Waals surface area contributed by atoms with Crippen molar-refractivity contribution in [2.24, 2.45) is 5.14 Å². The molecule has 126 valence electrons. The van der Waals surface area contributed by atoms with Crippen LogP contribution in [0.4, 0.5) is 4.39 Å². The van der Waals surface area contributed by atoms with Gasteiger partial charge in [-0.05, 0) is 48.4 Å². The lowest BCUT2D eigenvalue weighted by Crippen LogP contribution is -2.24. The summed E-state index contributed by atoms with van der Waals surface area (Å²) in [6.07, 6.45) is 2.92. The molecule has 2 rings (SSSR count). The molecule has 0 bridgehead atoms. The number of rotatable bonds is 5. The number of hydrogen-bond donors (Lipinski definition) is 2. The number of benzene rings is 2. The van der Waals surface area contributed by atoms with Crippen LogP contribution in [-0.2, 0) is 14.8 Å². The molecule has 3 N–H and O–H groups in total. The third kappa shape index (κ3) is 5.00. The minimum atomic E-state index is -3.74. The van der Waals surface area contributed by atoms with E-state index in [2.05, 4.69) is 5.32 Å². The SMILES string of the molecule is CC(NC(=O)/C=C/c1ccc(F)cc1)c1ccc(S(N)(=O)=O)cc1. The second-order valence-corrected chi connectivity index (χ2v) is 6.79. The summed E-state index contributed by atoms with van der Waals surface area (Å²) in [5.74, 6) is -0.657. The maximum absolute atomic E-state index is 12.8. The zero-order valence-electron chi connectivity index (χ0n) is 12.9. The number of sulfonamides is 1. The summed E-state index contributed by atoms with van der Waals surface area (Å²) in [5.41, 5.74) is 1.45. The van der Waals surface area contributed by atoms with Crippen LogP contribution >= 0.6 is 0 Å². The Bertz CT molecular complexity index is 844. The first kappa shape index (κ1) is 17.8. The Labute approximate surface area is 140 Å². The lowest BCUT2D eigenvalue weighted by molar-refractivity contribution is -0.117. The van der Waals surface area contributed by atoms with E-state index in [-0.39, 0.29) is 22.7 Å². The average Bonchev–Trinajstić information content (AvgIpc) is 2.53. The monoisotopic (exact) mass is 348 g/mol. The molecule has 0 aliphatic heterocycles. The van der Waals surface area contributed by atoms with Gasteiger partial charge in [0, 0.05) is 6.08 Å². The van der Waals surface area contributed by atoms with Crippen molar-refractivity contribution < 1.29 is 17.6 Å². The minimum absolute atomic E-state index is 0.0148. The van der Waals surface area contributed by atoms with E-state index in [0.29, 0.717) is 5.56 Å². The van der Waals surface area contributed by atoms with Gasteiger partial charge in [0.05, 0.1) is 10.9 Å². The quantitative estimate of drug-likeness (QED) is 0.813. The summed E-state index contributed by atoms with van der Waals surface area (Å²) < 4.78 is 35.2. The van der Waals surface area contributed by atoms with Crippen molar-refractivity contribution in [3.8, 4) is 0 Å². The number of halogens is 1. The first-order valence-electron chi connectivity index (χ1n) is 7.12. The maximum Gasteiger partial charge on any atom is 0.244 e. The predicted octanol–water partition coefficient (Wildman–Crippen LogP) is 2.36. The van der Waals surface area contributed by atoms with Crippen LogP contribution in [0.2, 0.25) is 0 Å². The van der Waals surface area contributed by atoms with E-state index in [1.807, 2.05) is 0 Å². The van der Waals surface area contributed by atoms with Crippen molar-refractivity contribution in [2.45, 2.75) is 17.9 Å². The Morgan fingerprint density at radius 3 is 2.25 bits per heavy atom. The molecule has 0 saturated carbocycles. The van der Waals surface area contributed by atoms with E-state index in [1.165, 1.54) is 30.3 Å². The molecule has 0 spiro atoms. The van der Waals surface area contributed by atoms with Gasteiger partial charge in [-0.3, -0.25) is 4.79 Å². The summed E-state index contributed by atoms with van der Waals surface area (Å²) in [7, 11) is -3.74. The van der Waals surface area contributed by atoms with Gasteiger partial charge < -0.3 is 5.32 Å². The molecular weight excluding hydrogens is 331 g/mol. The standard InChI is InChI=1S/C17H17FN2O3S/c1-12(14-5-9-16(10-6-14)24(19,22)23)20-17(21)11-4-13-2-7-15(18)8-3-13/h2-12H,1H3,(H,20,21)(H2,19,22,23)/b11-4+. The Morgan fingerprint density at radius 2 is 1.71 bits per heavy atom. The number of carbonyl (C=O) groups is 1. The molecule has 0 aromatic heterocycles. The Morgan fingerprint density at radius 1 is 1.12 bits per heavy atom. The molecule has 0 heterocycles. The van der Waals surface area contributed by atoms with E-state index in [9.17, 15) is 17.6 Å². The first-order chi connectivity index (χ1) is 11.3. The van der Waals surface area contributed by atoms with Gasteiger partial charge in [0.1, 0.15) is 5.82 Å². The number of carbonyl (C=O) groups excluding carboxylic acids is 1. The summed E-state index contributed by atoms with van der Waals surface area (Å²) >= 11 is 0. The van der Waals surface area contributed by atoms with Gasteiger partial charge in [0.2, 0.25) is 15.9 Å². The van der Waals surface area contributed by atoms with E-state index in [1.54, 1.807) is 37.3 Å². The largest absolute Gasteiger partial charge is 0.346 e. The molecule has 2 aromatic rings. The second-order valence-electron chi connectivity index (χ2n) is 5.23. The number of nitrogens with one attached hydrogen (secondary N) is 1. The van der Waals surface area contributed by atoms with Gasteiger partial charge in [0.25, 0.3) is 0 Å². The molecule has 5 nitrogen and oxygen atoms in total. The van der Waals surface area contributed by atoms with Gasteiger partial charge in [-0.15, -0.1) is 0 Å². The van der Waals surface area contributed by atoms with Crippen LogP contribution in [0.25, 0.3) is 6.08 Å². The van der Waals surface area contributed by atoms with Crippen LogP contribution in [0.3, 0.4) is 0 Å². The molecule has 1 amide bonds. The lowest BCUT2D eigenvalue weighted by atomic mass is 10.1. The zero-order valence-corrected chi connectivity index (χ0v) is 13.8. The summed E-state index contributed by atoms with van der Waals surface area (Å²) in [5, 5.41) is 7.79. The molecule has 1 atom stereocenters. The molecule has 24 heavy (non-hydrogen) atoms. The Hall–Kier alpha value is -2.51. The van der Waals surface area contributed by atoms with E-state index < -0.39 is 10.0 Å². The highest BCUT2D eigenvalue weighted by Gasteiger charge is 2.11. The predicted molar refractivity (Wildman–Crippen MR) is 89.8 cm³/mol. The number of primary sulfonamides is 1. The topological polar surface area (TPSA) is 89.3 Å². The van der Waals surface area contributed by atoms with Crippen LogP contribution in [0.5, 0.6) is 0 Å². The molecule has 1 unspecified atom stereocenters. The fourth-order valence-corrected chi connectivity index (χ4v) is 2.55. The summed E-state index contributed by atoms with van der Waals surface area (Å²) in [6, 6.07) is 11.4. The van der Waals surface area contributed by atoms with Crippen LogP contribution in [0.1, 0.15) is 24.1 Å². The Kier molecular flexibility index (Phi) is 5.48. The third-order valence-corrected chi connectivity index (χ3v) is 4.29. The Balaban J connectivity index is 1.99. The van der Waals surface area contributed by atoms with E-state index in [4.69, 9.17) is 5.14 Å². The summed E-state index contributed by atoms with van der Waals surface area (Å²) in [6.45, 7) is 1.77. The average molecular weight is 348 g/mol. The van der Waals surface area contributed by atoms with Gasteiger partial charge in [-0.1, -0.05) is 24.3 Å². The molecule has 0 fully saturated rings. The van der Waals surface area contributed by atoms with E-state index in [0.717, 1.165) is 5.56 Å². The van der Waals surface area contributed by atoms with Crippen LogP contribution < -0.4 is 10.5 Å². The van der Waals surface area contributed by atoms with Crippen molar-refractivity contribution in [1.82, 2.24) is 5.32 Å². The molecule has 0 aliphatic carbocycles. The van der Waals surface area contributed by atoms with Crippen LogP contribution in [-0.4, -0.2) is 14.3 Å². The lowest BCUT2D eigenvalue weighted by Gasteiger charge is -2.13.